The van der Waals surface area contributed by atoms with Crippen LogP contribution in [0.3, 0.4) is 0 Å². The van der Waals surface area contributed by atoms with E-state index in [9.17, 15) is 4.79 Å². The van der Waals surface area contributed by atoms with Gasteiger partial charge in [0.05, 0.1) is 12.4 Å². The first kappa shape index (κ1) is 24.7. The molecule has 3 rings (SSSR count). The predicted octanol–water partition coefficient (Wildman–Crippen LogP) is 5.70. The van der Waals surface area contributed by atoms with Crippen LogP contribution in [0.25, 0.3) is 0 Å². The molecule has 1 aromatic heterocycles. The standard InChI is InChI=1S/C24H27ClN4O3S/c1-5-13-29-23(17(4)32-21-12-7-18(25)14-16(21)3)27-28-24(29)33-15-22(30)26-19-8-10-20(11-9-19)31-6-2/h5,7-12,14,17H,1,6,13,15H2,2-4H3,(H,26,30). The van der Waals surface area contributed by atoms with Crippen LogP contribution in [0, 0.1) is 6.92 Å². The molecule has 2 aromatic carbocycles. The highest BCUT2D eigenvalue weighted by Gasteiger charge is 2.20. The second-order valence-corrected chi connectivity index (χ2v) is 8.58. The largest absolute Gasteiger partial charge is 0.494 e. The topological polar surface area (TPSA) is 78.3 Å². The molecule has 9 heteroatoms. The van der Waals surface area contributed by atoms with E-state index in [0.29, 0.717) is 34.8 Å². The average molecular weight is 487 g/mol. The van der Waals surface area contributed by atoms with Crippen molar-refractivity contribution < 1.29 is 14.3 Å². The van der Waals surface area contributed by atoms with Crippen molar-refractivity contribution in [3.05, 3.63) is 71.5 Å². The molecule has 0 fully saturated rings. The molecule has 3 aromatic rings. The number of nitrogens with zero attached hydrogens (tertiary/aromatic N) is 3. The maximum absolute atomic E-state index is 12.4. The first-order valence-electron chi connectivity index (χ1n) is 10.5. The number of aromatic nitrogens is 3. The molecule has 0 aliphatic heterocycles. The Hall–Kier alpha value is -2.97. The molecule has 7 nitrogen and oxygen atoms in total. The van der Waals surface area contributed by atoms with Gasteiger partial charge in [-0.15, -0.1) is 16.8 Å². The Kier molecular flexibility index (Phi) is 8.79. The van der Waals surface area contributed by atoms with E-state index in [0.717, 1.165) is 17.1 Å². The number of amides is 1. The molecule has 0 aliphatic carbocycles. The van der Waals surface area contributed by atoms with E-state index in [1.54, 1.807) is 12.1 Å². The molecule has 0 saturated heterocycles. The molecule has 0 radical (unpaired) electrons. The molecular weight excluding hydrogens is 460 g/mol. The minimum absolute atomic E-state index is 0.139. The van der Waals surface area contributed by atoms with E-state index in [4.69, 9.17) is 21.1 Å². The number of thioether (sulfide) groups is 1. The van der Waals surface area contributed by atoms with Crippen molar-refractivity contribution >= 4 is 35.0 Å². The number of nitrogens with one attached hydrogen (secondary N) is 1. The predicted molar refractivity (Wildman–Crippen MR) is 132 cm³/mol. The monoisotopic (exact) mass is 486 g/mol. The number of halogens is 1. The lowest BCUT2D eigenvalue weighted by atomic mass is 10.2. The van der Waals surface area contributed by atoms with Crippen molar-refractivity contribution in [2.75, 3.05) is 17.7 Å². The van der Waals surface area contributed by atoms with Crippen LogP contribution in [0.15, 0.2) is 60.3 Å². The Labute approximate surface area is 203 Å². The van der Waals surface area contributed by atoms with Gasteiger partial charge in [0.2, 0.25) is 5.91 Å². The molecule has 0 saturated carbocycles. The second kappa shape index (κ2) is 11.8. The highest BCUT2D eigenvalue weighted by molar-refractivity contribution is 7.99. The van der Waals surface area contributed by atoms with Gasteiger partial charge in [0, 0.05) is 17.3 Å². The van der Waals surface area contributed by atoms with Gasteiger partial charge in [-0.3, -0.25) is 9.36 Å². The molecule has 1 unspecified atom stereocenters. The van der Waals surface area contributed by atoms with Gasteiger partial charge in [0.25, 0.3) is 0 Å². The van der Waals surface area contributed by atoms with E-state index >= 15 is 0 Å². The maximum Gasteiger partial charge on any atom is 0.234 e. The molecule has 1 amide bonds. The SMILES string of the molecule is C=CCn1c(SCC(=O)Nc2ccc(OCC)cc2)nnc1C(C)Oc1ccc(Cl)cc1C. The first-order chi connectivity index (χ1) is 15.9. The van der Waals surface area contributed by atoms with Gasteiger partial charge in [-0.05, 0) is 68.8 Å². The first-order valence-corrected chi connectivity index (χ1v) is 11.9. The Morgan fingerprint density at radius 1 is 1.27 bits per heavy atom. The van der Waals surface area contributed by atoms with Crippen molar-refractivity contribution in [3.63, 3.8) is 0 Å². The van der Waals surface area contributed by atoms with Crippen LogP contribution >= 0.6 is 23.4 Å². The number of rotatable bonds is 11. The molecule has 0 aliphatic rings. The van der Waals surface area contributed by atoms with Crippen molar-refractivity contribution in [2.45, 2.75) is 38.6 Å². The van der Waals surface area contributed by atoms with Gasteiger partial charge in [0.15, 0.2) is 17.1 Å². The Morgan fingerprint density at radius 2 is 2.03 bits per heavy atom. The summed E-state index contributed by atoms with van der Waals surface area (Å²) in [5.41, 5.74) is 1.64. The number of anilines is 1. The third kappa shape index (κ3) is 6.76. The zero-order chi connectivity index (χ0) is 23.8. The highest BCUT2D eigenvalue weighted by Crippen LogP contribution is 2.28. The van der Waals surface area contributed by atoms with Gasteiger partial charge in [-0.25, -0.2) is 0 Å². The quantitative estimate of drug-likeness (QED) is 0.277. The lowest BCUT2D eigenvalue weighted by Crippen LogP contribution is -2.15. The molecule has 1 heterocycles. The number of carbonyl (C=O) groups excluding carboxylic acids is 1. The summed E-state index contributed by atoms with van der Waals surface area (Å²) in [5.74, 6) is 2.19. The van der Waals surface area contributed by atoms with Crippen LogP contribution in [0.4, 0.5) is 5.69 Å². The zero-order valence-corrected chi connectivity index (χ0v) is 20.4. The summed E-state index contributed by atoms with van der Waals surface area (Å²) < 4.78 is 13.4. The van der Waals surface area contributed by atoms with E-state index in [1.165, 1.54) is 11.8 Å². The molecular formula is C24H27ClN4O3S. The van der Waals surface area contributed by atoms with Crippen LogP contribution in [0.1, 0.15) is 31.3 Å². The fourth-order valence-electron chi connectivity index (χ4n) is 3.12. The van der Waals surface area contributed by atoms with Crippen LogP contribution in [-0.2, 0) is 11.3 Å². The second-order valence-electron chi connectivity index (χ2n) is 7.20. The summed E-state index contributed by atoms with van der Waals surface area (Å²) in [6.45, 7) is 10.7. The van der Waals surface area contributed by atoms with Crippen LogP contribution in [-0.4, -0.2) is 33.0 Å². The summed E-state index contributed by atoms with van der Waals surface area (Å²) in [5, 5.41) is 12.7. The number of hydrogen-bond donors (Lipinski definition) is 1. The van der Waals surface area contributed by atoms with Gasteiger partial charge in [-0.2, -0.15) is 0 Å². The maximum atomic E-state index is 12.4. The number of carbonyl (C=O) groups is 1. The number of ether oxygens (including phenoxy) is 2. The summed E-state index contributed by atoms with van der Waals surface area (Å²) in [6.07, 6.45) is 1.40. The Bertz CT molecular complexity index is 1100. The molecule has 33 heavy (non-hydrogen) atoms. The molecule has 174 valence electrons. The molecule has 0 spiro atoms. The summed E-state index contributed by atoms with van der Waals surface area (Å²) in [6, 6.07) is 12.7. The van der Waals surface area contributed by atoms with Gasteiger partial charge < -0.3 is 14.8 Å². The van der Waals surface area contributed by atoms with E-state index in [1.807, 2.05) is 61.7 Å². The van der Waals surface area contributed by atoms with E-state index in [2.05, 4.69) is 22.1 Å². The van der Waals surface area contributed by atoms with Crippen molar-refractivity contribution in [3.8, 4) is 11.5 Å². The molecule has 1 atom stereocenters. The van der Waals surface area contributed by atoms with Gasteiger partial charge in [-0.1, -0.05) is 29.4 Å². The lowest BCUT2D eigenvalue weighted by Gasteiger charge is -2.17. The fraction of sp³-hybridized carbons (Fsp3) is 0.292. The number of benzene rings is 2. The zero-order valence-electron chi connectivity index (χ0n) is 18.9. The summed E-state index contributed by atoms with van der Waals surface area (Å²) in [4.78, 5) is 12.4. The van der Waals surface area contributed by atoms with Crippen LogP contribution in [0.5, 0.6) is 11.5 Å². The summed E-state index contributed by atoms with van der Waals surface area (Å²) in [7, 11) is 0. The van der Waals surface area contributed by atoms with Crippen molar-refractivity contribution in [2.24, 2.45) is 0 Å². The van der Waals surface area contributed by atoms with Gasteiger partial charge >= 0.3 is 0 Å². The number of aryl methyl sites for hydroxylation is 1. The van der Waals surface area contributed by atoms with Crippen molar-refractivity contribution in [1.29, 1.82) is 0 Å². The average Bonchev–Trinajstić information content (AvgIpc) is 3.19. The van der Waals surface area contributed by atoms with E-state index < -0.39 is 0 Å². The van der Waals surface area contributed by atoms with Crippen LogP contribution < -0.4 is 14.8 Å². The smallest absolute Gasteiger partial charge is 0.234 e. The Balaban J connectivity index is 1.64. The minimum atomic E-state index is -0.357. The number of hydrogen-bond acceptors (Lipinski definition) is 6. The molecule has 1 N–H and O–H groups in total. The number of allylic oxidation sites excluding steroid dienone is 1. The third-order valence-corrected chi connectivity index (χ3v) is 5.84. The lowest BCUT2D eigenvalue weighted by molar-refractivity contribution is -0.113. The van der Waals surface area contributed by atoms with Crippen LogP contribution in [0.2, 0.25) is 5.02 Å². The minimum Gasteiger partial charge on any atom is -0.494 e. The summed E-state index contributed by atoms with van der Waals surface area (Å²) >= 11 is 7.34. The highest BCUT2D eigenvalue weighted by atomic mass is 35.5. The Morgan fingerprint density at radius 3 is 2.70 bits per heavy atom. The van der Waals surface area contributed by atoms with Crippen molar-refractivity contribution in [1.82, 2.24) is 14.8 Å². The van der Waals surface area contributed by atoms with E-state index in [-0.39, 0.29) is 17.8 Å². The fourth-order valence-corrected chi connectivity index (χ4v) is 4.11. The third-order valence-electron chi connectivity index (χ3n) is 4.64. The normalized spacial score (nSPS) is 11.6. The van der Waals surface area contributed by atoms with Gasteiger partial charge in [0.1, 0.15) is 11.5 Å². The molecule has 0 bridgehead atoms.